The van der Waals surface area contributed by atoms with Crippen molar-refractivity contribution in [1.82, 2.24) is 4.90 Å². The molecule has 1 fully saturated rings. The molecule has 0 bridgehead atoms. The van der Waals surface area contributed by atoms with Crippen molar-refractivity contribution in [3.8, 4) is 0 Å². The van der Waals surface area contributed by atoms with E-state index in [1.54, 1.807) is 24.3 Å². The molecule has 4 rings (SSSR count). The van der Waals surface area contributed by atoms with Crippen molar-refractivity contribution < 1.29 is 9.59 Å². The topological polar surface area (TPSA) is 52.7 Å². The highest BCUT2D eigenvalue weighted by molar-refractivity contribution is 6.05. The summed E-state index contributed by atoms with van der Waals surface area (Å²) >= 11 is 0. The zero-order chi connectivity index (χ0) is 20.9. The average molecular weight is 399 g/mol. The number of anilines is 2. The van der Waals surface area contributed by atoms with Gasteiger partial charge >= 0.3 is 0 Å². The predicted molar refractivity (Wildman–Crippen MR) is 120 cm³/mol. The number of hydrogen-bond donors (Lipinski definition) is 1. The molecular formula is C25H25N3O2. The van der Waals surface area contributed by atoms with Gasteiger partial charge in [0.15, 0.2) is 0 Å². The normalized spacial score (nSPS) is 13.8. The van der Waals surface area contributed by atoms with Crippen LogP contribution in [0.1, 0.15) is 26.3 Å². The van der Waals surface area contributed by atoms with Crippen LogP contribution in [-0.4, -0.2) is 42.9 Å². The van der Waals surface area contributed by atoms with E-state index >= 15 is 0 Å². The maximum absolute atomic E-state index is 12.9. The van der Waals surface area contributed by atoms with Crippen molar-refractivity contribution in [1.29, 1.82) is 0 Å². The van der Waals surface area contributed by atoms with Crippen molar-refractivity contribution in [2.75, 3.05) is 36.4 Å². The Bertz CT molecular complexity index is 1010. The molecule has 0 spiro atoms. The summed E-state index contributed by atoms with van der Waals surface area (Å²) in [5.41, 5.74) is 4.21. The zero-order valence-electron chi connectivity index (χ0n) is 17.0. The maximum atomic E-state index is 12.9. The Morgan fingerprint density at radius 3 is 1.97 bits per heavy atom. The number of amides is 2. The second-order valence-corrected chi connectivity index (χ2v) is 7.51. The summed E-state index contributed by atoms with van der Waals surface area (Å²) in [4.78, 5) is 29.5. The fourth-order valence-corrected chi connectivity index (χ4v) is 3.59. The van der Waals surface area contributed by atoms with E-state index < -0.39 is 0 Å². The Morgan fingerprint density at radius 2 is 1.33 bits per heavy atom. The largest absolute Gasteiger partial charge is 0.368 e. The Balaban J connectivity index is 1.35. The molecule has 30 heavy (non-hydrogen) atoms. The van der Waals surface area contributed by atoms with Crippen molar-refractivity contribution in [3.63, 3.8) is 0 Å². The van der Waals surface area contributed by atoms with Gasteiger partial charge in [-0.1, -0.05) is 35.9 Å². The highest BCUT2D eigenvalue weighted by Crippen LogP contribution is 2.17. The fourth-order valence-electron chi connectivity index (χ4n) is 3.59. The van der Waals surface area contributed by atoms with E-state index in [1.165, 1.54) is 5.69 Å². The summed E-state index contributed by atoms with van der Waals surface area (Å²) < 4.78 is 0. The van der Waals surface area contributed by atoms with Crippen LogP contribution < -0.4 is 10.2 Å². The number of benzene rings is 3. The van der Waals surface area contributed by atoms with E-state index in [2.05, 4.69) is 22.3 Å². The van der Waals surface area contributed by atoms with E-state index in [0.29, 0.717) is 24.2 Å². The monoisotopic (exact) mass is 399 g/mol. The van der Waals surface area contributed by atoms with E-state index in [0.717, 1.165) is 24.3 Å². The quantitative estimate of drug-likeness (QED) is 0.715. The van der Waals surface area contributed by atoms with Gasteiger partial charge in [0.05, 0.1) is 0 Å². The van der Waals surface area contributed by atoms with Gasteiger partial charge in [-0.25, -0.2) is 0 Å². The molecule has 0 radical (unpaired) electrons. The first kappa shape index (κ1) is 19.7. The summed E-state index contributed by atoms with van der Waals surface area (Å²) in [5.74, 6) is -0.178. The zero-order valence-corrected chi connectivity index (χ0v) is 17.0. The second kappa shape index (κ2) is 8.82. The summed E-state index contributed by atoms with van der Waals surface area (Å²) in [5, 5.41) is 2.88. The molecule has 5 heteroatoms. The Kier molecular flexibility index (Phi) is 5.80. The SMILES string of the molecule is Cc1ccc(NC(=O)c2ccc(C(=O)N3CCN(c4ccccc4)CC3)cc2)cc1. The van der Waals surface area contributed by atoms with E-state index in [1.807, 2.05) is 54.3 Å². The van der Waals surface area contributed by atoms with Crippen molar-refractivity contribution in [3.05, 3.63) is 95.6 Å². The molecule has 0 aliphatic carbocycles. The standard InChI is InChI=1S/C25H25N3O2/c1-19-7-13-22(14-8-19)26-24(29)20-9-11-21(12-10-20)25(30)28-17-15-27(16-18-28)23-5-3-2-4-6-23/h2-14H,15-18H2,1H3,(H,26,29). The number of carbonyl (C=O) groups excluding carboxylic acids is 2. The van der Waals surface area contributed by atoms with Crippen LogP contribution in [0.5, 0.6) is 0 Å². The molecule has 3 aromatic rings. The van der Waals surface area contributed by atoms with E-state index in [9.17, 15) is 9.59 Å². The Morgan fingerprint density at radius 1 is 0.733 bits per heavy atom. The lowest BCUT2D eigenvalue weighted by atomic mass is 10.1. The summed E-state index contributed by atoms with van der Waals surface area (Å²) in [7, 11) is 0. The van der Waals surface area contributed by atoms with Gasteiger partial charge < -0.3 is 15.1 Å². The molecule has 3 aromatic carbocycles. The van der Waals surface area contributed by atoms with Crippen LogP contribution in [0.15, 0.2) is 78.9 Å². The minimum atomic E-state index is -0.186. The number of nitrogens with zero attached hydrogens (tertiary/aromatic N) is 2. The van der Waals surface area contributed by atoms with Gasteiger partial charge in [0.25, 0.3) is 11.8 Å². The predicted octanol–water partition coefficient (Wildman–Crippen LogP) is 4.21. The Labute approximate surface area is 176 Å². The lowest BCUT2D eigenvalue weighted by Crippen LogP contribution is -2.48. The molecule has 1 N–H and O–H groups in total. The summed E-state index contributed by atoms with van der Waals surface area (Å²) in [6.07, 6.45) is 0. The molecule has 152 valence electrons. The number of nitrogens with one attached hydrogen (secondary N) is 1. The van der Waals surface area contributed by atoms with Gasteiger partial charge in [0.2, 0.25) is 0 Å². The number of rotatable bonds is 4. The molecule has 0 atom stereocenters. The average Bonchev–Trinajstić information content (AvgIpc) is 2.81. The molecule has 0 aromatic heterocycles. The van der Waals surface area contributed by atoms with Crippen LogP contribution >= 0.6 is 0 Å². The van der Waals surface area contributed by atoms with Crippen LogP contribution in [0.2, 0.25) is 0 Å². The fraction of sp³-hybridized carbons (Fsp3) is 0.200. The number of hydrogen-bond acceptors (Lipinski definition) is 3. The van der Waals surface area contributed by atoms with Gasteiger partial charge in [-0.15, -0.1) is 0 Å². The molecule has 1 aliphatic heterocycles. The van der Waals surface area contributed by atoms with Crippen molar-refractivity contribution in [2.45, 2.75) is 6.92 Å². The minimum absolute atomic E-state index is 0.00760. The van der Waals surface area contributed by atoms with Gasteiger partial charge in [-0.3, -0.25) is 9.59 Å². The smallest absolute Gasteiger partial charge is 0.255 e. The number of para-hydroxylation sites is 1. The highest BCUT2D eigenvalue weighted by atomic mass is 16.2. The van der Waals surface area contributed by atoms with Crippen LogP contribution in [0.25, 0.3) is 0 Å². The molecule has 1 heterocycles. The van der Waals surface area contributed by atoms with Gasteiger partial charge in [-0.05, 0) is 55.5 Å². The first-order valence-corrected chi connectivity index (χ1v) is 10.2. The number of piperazine rings is 1. The third-order valence-corrected chi connectivity index (χ3v) is 5.39. The third-order valence-electron chi connectivity index (χ3n) is 5.39. The van der Waals surface area contributed by atoms with Crippen LogP contribution in [0.4, 0.5) is 11.4 Å². The van der Waals surface area contributed by atoms with Crippen LogP contribution in [0, 0.1) is 6.92 Å². The number of carbonyl (C=O) groups is 2. The maximum Gasteiger partial charge on any atom is 0.255 e. The van der Waals surface area contributed by atoms with Crippen molar-refractivity contribution >= 4 is 23.2 Å². The minimum Gasteiger partial charge on any atom is -0.368 e. The lowest BCUT2D eigenvalue weighted by molar-refractivity contribution is 0.0746. The van der Waals surface area contributed by atoms with E-state index in [4.69, 9.17) is 0 Å². The second-order valence-electron chi connectivity index (χ2n) is 7.51. The third kappa shape index (κ3) is 4.51. The molecule has 0 unspecified atom stereocenters. The van der Waals surface area contributed by atoms with Crippen molar-refractivity contribution in [2.24, 2.45) is 0 Å². The van der Waals surface area contributed by atoms with Crippen LogP contribution in [-0.2, 0) is 0 Å². The molecule has 5 nitrogen and oxygen atoms in total. The van der Waals surface area contributed by atoms with E-state index in [-0.39, 0.29) is 11.8 Å². The Hall–Kier alpha value is -3.60. The molecule has 1 aliphatic rings. The van der Waals surface area contributed by atoms with Crippen LogP contribution in [0.3, 0.4) is 0 Å². The lowest BCUT2D eigenvalue weighted by Gasteiger charge is -2.36. The highest BCUT2D eigenvalue weighted by Gasteiger charge is 2.22. The molecular weight excluding hydrogens is 374 g/mol. The first-order valence-electron chi connectivity index (χ1n) is 10.2. The van der Waals surface area contributed by atoms with Gasteiger partial charge in [-0.2, -0.15) is 0 Å². The summed E-state index contributed by atoms with van der Waals surface area (Å²) in [6.45, 7) is 5.00. The molecule has 2 amide bonds. The first-order chi connectivity index (χ1) is 14.6. The van der Waals surface area contributed by atoms with Gasteiger partial charge in [0.1, 0.15) is 0 Å². The molecule has 0 saturated carbocycles. The molecule has 1 saturated heterocycles. The summed E-state index contributed by atoms with van der Waals surface area (Å²) in [6, 6.07) is 24.8. The number of aryl methyl sites for hydroxylation is 1. The van der Waals surface area contributed by atoms with Gasteiger partial charge in [0, 0.05) is 48.7 Å².